The maximum Gasteiger partial charge on any atom is 0.291 e. The largest absolute Gasteiger partial charge is 0.486 e. The van der Waals surface area contributed by atoms with Crippen LogP contribution >= 0.6 is 0 Å². The Morgan fingerprint density at radius 1 is 1.00 bits per heavy atom. The van der Waals surface area contributed by atoms with Crippen LogP contribution in [0.4, 0.5) is 5.69 Å². The van der Waals surface area contributed by atoms with Gasteiger partial charge in [-0.3, -0.25) is 19.0 Å². The summed E-state index contributed by atoms with van der Waals surface area (Å²) in [5.74, 6) is 0.441. The Hall–Kier alpha value is -4.34. The third-order valence-corrected chi connectivity index (χ3v) is 5.60. The van der Waals surface area contributed by atoms with E-state index in [1.54, 1.807) is 37.1 Å². The summed E-state index contributed by atoms with van der Waals surface area (Å²) in [7, 11) is 3.43. The summed E-state index contributed by atoms with van der Waals surface area (Å²) >= 11 is 0. The number of aryl methyl sites for hydroxylation is 2. The van der Waals surface area contributed by atoms with E-state index in [-0.39, 0.29) is 35.1 Å². The first-order valence-corrected chi connectivity index (χ1v) is 11.5. The summed E-state index contributed by atoms with van der Waals surface area (Å²) in [6.45, 7) is 6.94. The molecule has 0 bridgehead atoms. The van der Waals surface area contributed by atoms with Gasteiger partial charge in [0.15, 0.2) is 5.76 Å². The lowest BCUT2D eigenvalue weighted by atomic mass is 9.87. The fourth-order valence-corrected chi connectivity index (χ4v) is 3.59. The lowest BCUT2D eigenvalue weighted by Crippen LogP contribution is -2.26. The van der Waals surface area contributed by atoms with Gasteiger partial charge < -0.3 is 19.8 Å². The Morgan fingerprint density at radius 2 is 1.75 bits per heavy atom. The molecule has 0 radical (unpaired) electrons. The number of aromatic nitrogens is 4. The van der Waals surface area contributed by atoms with Crippen molar-refractivity contribution in [2.45, 2.75) is 39.3 Å². The molecule has 0 saturated heterocycles. The highest BCUT2D eigenvalue weighted by Gasteiger charge is 2.21. The second-order valence-electron chi connectivity index (χ2n) is 9.52. The molecule has 0 spiro atoms. The molecular weight excluding hydrogens is 460 g/mol. The summed E-state index contributed by atoms with van der Waals surface area (Å²) in [5.41, 5.74) is 2.64. The summed E-state index contributed by atoms with van der Waals surface area (Å²) in [6, 6.07) is 11.2. The van der Waals surface area contributed by atoms with Crippen molar-refractivity contribution < 1.29 is 18.7 Å². The molecule has 36 heavy (non-hydrogen) atoms. The third kappa shape index (κ3) is 5.83. The summed E-state index contributed by atoms with van der Waals surface area (Å²) in [6.07, 6.45) is 4.90. The van der Waals surface area contributed by atoms with Gasteiger partial charge in [0.05, 0.1) is 18.1 Å². The fraction of sp³-hybridized carbons (Fsp3) is 0.308. The summed E-state index contributed by atoms with van der Waals surface area (Å²) in [5, 5.41) is 13.7. The van der Waals surface area contributed by atoms with Crippen LogP contribution in [-0.2, 0) is 32.7 Å². The van der Waals surface area contributed by atoms with E-state index in [4.69, 9.17) is 9.15 Å². The van der Waals surface area contributed by atoms with Crippen LogP contribution < -0.4 is 15.4 Å². The number of anilines is 1. The molecule has 3 aromatic heterocycles. The Bertz CT molecular complexity index is 1360. The molecule has 10 heteroatoms. The van der Waals surface area contributed by atoms with Crippen molar-refractivity contribution in [1.82, 2.24) is 24.9 Å². The minimum atomic E-state index is -0.495. The van der Waals surface area contributed by atoms with Crippen molar-refractivity contribution in [3.05, 3.63) is 83.3 Å². The average Bonchev–Trinajstić information content (AvgIpc) is 3.56. The number of hydrogen-bond donors (Lipinski definition) is 2. The lowest BCUT2D eigenvalue weighted by Gasteiger charge is -2.19. The van der Waals surface area contributed by atoms with Gasteiger partial charge in [-0.15, -0.1) is 0 Å². The average molecular weight is 491 g/mol. The van der Waals surface area contributed by atoms with Gasteiger partial charge >= 0.3 is 0 Å². The third-order valence-electron chi connectivity index (χ3n) is 5.60. The van der Waals surface area contributed by atoms with Crippen molar-refractivity contribution in [2.24, 2.45) is 14.1 Å². The molecule has 4 rings (SSSR count). The number of carbonyl (C=O) groups excluding carboxylic acids is 2. The van der Waals surface area contributed by atoms with Gasteiger partial charge in [-0.05, 0) is 35.2 Å². The van der Waals surface area contributed by atoms with Gasteiger partial charge in [0.2, 0.25) is 0 Å². The minimum Gasteiger partial charge on any atom is -0.486 e. The summed E-state index contributed by atoms with van der Waals surface area (Å²) < 4.78 is 14.5. The van der Waals surface area contributed by atoms with Gasteiger partial charge in [-0.2, -0.15) is 10.2 Å². The molecule has 188 valence electrons. The fourth-order valence-electron chi connectivity index (χ4n) is 3.59. The van der Waals surface area contributed by atoms with E-state index in [9.17, 15) is 9.59 Å². The molecule has 0 aliphatic heterocycles. The predicted octanol–water partition coefficient (Wildman–Crippen LogP) is 3.81. The molecule has 0 unspecified atom stereocenters. The van der Waals surface area contributed by atoms with Crippen LogP contribution in [0.15, 0.2) is 59.4 Å². The zero-order chi connectivity index (χ0) is 25.9. The molecule has 2 amide bonds. The van der Waals surface area contributed by atoms with Crippen molar-refractivity contribution in [1.29, 1.82) is 0 Å². The van der Waals surface area contributed by atoms with E-state index in [1.165, 1.54) is 16.4 Å². The molecule has 0 saturated carbocycles. The maximum atomic E-state index is 12.8. The molecule has 1 aromatic carbocycles. The molecule has 4 aromatic rings. The molecule has 0 aliphatic rings. The Labute approximate surface area is 209 Å². The zero-order valence-electron chi connectivity index (χ0n) is 21.0. The monoisotopic (exact) mass is 490 g/mol. The van der Waals surface area contributed by atoms with Crippen LogP contribution in [0.1, 0.15) is 58.7 Å². The topological polar surface area (TPSA) is 116 Å². The van der Waals surface area contributed by atoms with Crippen LogP contribution in [0.5, 0.6) is 5.75 Å². The quantitative estimate of drug-likeness (QED) is 0.388. The van der Waals surface area contributed by atoms with Gasteiger partial charge in [-0.25, -0.2) is 0 Å². The predicted molar refractivity (Wildman–Crippen MR) is 134 cm³/mol. The Morgan fingerprint density at radius 3 is 2.42 bits per heavy atom. The lowest BCUT2D eigenvalue weighted by molar-refractivity contribution is 0.0942. The molecule has 10 nitrogen and oxygen atoms in total. The second kappa shape index (κ2) is 10.1. The van der Waals surface area contributed by atoms with E-state index < -0.39 is 5.91 Å². The number of rotatable bonds is 8. The highest BCUT2D eigenvalue weighted by molar-refractivity contribution is 6.07. The SMILES string of the molecule is Cn1cc(CNC(=O)c2c(NC(=O)c3ccc(COc4ccc(C(C)(C)C)cc4)o3)cnn2C)cn1. The number of benzene rings is 1. The highest BCUT2D eigenvalue weighted by Crippen LogP contribution is 2.25. The maximum absolute atomic E-state index is 12.8. The van der Waals surface area contributed by atoms with Crippen molar-refractivity contribution in [2.75, 3.05) is 5.32 Å². The number of furan rings is 1. The first-order valence-electron chi connectivity index (χ1n) is 11.5. The first-order chi connectivity index (χ1) is 17.1. The Kier molecular flexibility index (Phi) is 6.96. The van der Waals surface area contributed by atoms with Crippen molar-refractivity contribution in [3.63, 3.8) is 0 Å². The molecule has 0 atom stereocenters. The molecule has 2 N–H and O–H groups in total. The number of carbonyl (C=O) groups is 2. The smallest absolute Gasteiger partial charge is 0.291 e. The van der Waals surface area contributed by atoms with Crippen molar-refractivity contribution in [3.8, 4) is 5.75 Å². The van der Waals surface area contributed by atoms with Crippen LogP contribution in [0.3, 0.4) is 0 Å². The number of ether oxygens (including phenoxy) is 1. The molecular formula is C26H30N6O4. The molecule has 0 aliphatic carbocycles. The molecule has 0 fully saturated rings. The second-order valence-corrected chi connectivity index (χ2v) is 9.52. The van der Waals surface area contributed by atoms with E-state index in [2.05, 4.69) is 41.6 Å². The van der Waals surface area contributed by atoms with Gasteiger partial charge in [0.25, 0.3) is 11.8 Å². The standard InChI is InChI=1S/C26H30N6O4/c1-26(2,3)18-6-8-19(9-7-18)35-16-20-10-11-22(36-20)24(33)30-21-14-29-32(5)23(21)25(34)27-12-17-13-28-31(4)15-17/h6-11,13-15H,12,16H2,1-5H3,(H,27,34)(H,30,33). The number of hydrogen-bond acceptors (Lipinski definition) is 6. The van der Waals surface area contributed by atoms with Gasteiger partial charge in [0.1, 0.15) is 23.8 Å². The van der Waals surface area contributed by atoms with Gasteiger partial charge in [0, 0.05) is 32.4 Å². The van der Waals surface area contributed by atoms with E-state index >= 15 is 0 Å². The van der Waals surface area contributed by atoms with E-state index in [0.717, 1.165) is 5.56 Å². The number of nitrogens with zero attached hydrogens (tertiary/aromatic N) is 4. The van der Waals surface area contributed by atoms with Crippen LogP contribution in [0.25, 0.3) is 0 Å². The van der Waals surface area contributed by atoms with E-state index in [1.807, 2.05) is 30.5 Å². The van der Waals surface area contributed by atoms with Crippen molar-refractivity contribution >= 4 is 17.5 Å². The number of nitrogens with one attached hydrogen (secondary N) is 2. The normalized spacial score (nSPS) is 11.4. The van der Waals surface area contributed by atoms with Crippen LogP contribution in [0.2, 0.25) is 0 Å². The summed E-state index contributed by atoms with van der Waals surface area (Å²) in [4.78, 5) is 25.5. The van der Waals surface area contributed by atoms with Crippen LogP contribution in [-0.4, -0.2) is 31.4 Å². The number of amides is 2. The van der Waals surface area contributed by atoms with Crippen LogP contribution in [0, 0.1) is 0 Å². The first kappa shape index (κ1) is 24.8. The zero-order valence-corrected chi connectivity index (χ0v) is 21.0. The Balaban J connectivity index is 1.35. The molecule has 3 heterocycles. The van der Waals surface area contributed by atoms with Gasteiger partial charge in [-0.1, -0.05) is 32.9 Å². The van der Waals surface area contributed by atoms with E-state index in [0.29, 0.717) is 18.1 Å². The highest BCUT2D eigenvalue weighted by atomic mass is 16.5. The minimum absolute atomic E-state index is 0.0655.